The van der Waals surface area contributed by atoms with Gasteiger partial charge in [-0.15, -0.1) is 5.10 Å². The minimum Gasteiger partial charge on any atom is -0.334 e. The predicted octanol–water partition coefficient (Wildman–Crippen LogP) is 4.25. The largest absolute Gasteiger partial charge is 0.334 e. The van der Waals surface area contributed by atoms with Crippen LogP contribution in [0, 0.1) is 12.7 Å². The number of nitrogens with zero attached hydrogens (tertiary/aromatic N) is 5. The second kappa shape index (κ2) is 8.79. The van der Waals surface area contributed by atoms with E-state index in [9.17, 15) is 9.18 Å². The van der Waals surface area contributed by atoms with E-state index in [0.29, 0.717) is 24.6 Å². The van der Waals surface area contributed by atoms with Crippen LogP contribution in [-0.4, -0.2) is 39.1 Å². The zero-order chi connectivity index (χ0) is 22.0. The zero-order valence-corrected chi connectivity index (χ0v) is 18.1. The summed E-state index contributed by atoms with van der Waals surface area (Å²) in [5.41, 5.74) is 5.19. The SMILES string of the molecule is CCn1nnc(N2CCC(C)=C(c3ccc(CC(=O)c4cccc(C)c4F)cc3)C2)n1. The number of benzene rings is 2. The molecule has 0 radical (unpaired) electrons. The summed E-state index contributed by atoms with van der Waals surface area (Å²) >= 11 is 0. The summed E-state index contributed by atoms with van der Waals surface area (Å²) in [5, 5.41) is 12.7. The minimum absolute atomic E-state index is 0.151. The molecule has 0 spiro atoms. The van der Waals surface area contributed by atoms with E-state index >= 15 is 0 Å². The molecule has 4 rings (SSSR count). The van der Waals surface area contributed by atoms with Crippen LogP contribution in [0.2, 0.25) is 0 Å². The van der Waals surface area contributed by atoms with Crippen LogP contribution >= 0.6 is 0 Å². The summed E-state index contributed by atoms with van der Waals surface area (Å²) in [7, 11) is 0. The molecule has 0 N–H and O–H groups in total. The number of tetrazole rings is 1. The molecule has 1 aliphatic heterocycles. The van der Waals surface area contributed by atoms with E-state index in [1.54, 1.807) is 29.9 Å². The van der Waals surface area contributed by atoms with Gasteiger partial charge in [-0.25, -0.2) is 4.39 Å². The van der Waals surface area contributed by atoms with Crippen LogP contribution in [0.1, 0.15) is 47.3 Å². The normalized spacial score (nSPS) is 14.3. The van der Waals surface area contributed by atoms with Gasteiger partial charge < -0.3 is 4.90 Å². The van der Waals surface area contributed by atoms with E-state index in [2.05, 4.69) is 27.2 Å². The lowest BCUT2D eigenvalue weighted by molar-refractivity contribution is 0.0989. The monoisotopic (exact) mass is 419 g/mol. The Morgan fingerprint density at radius 3 is 2.61 bits per heavy atom. The van der Waals surface area contributed by atoms with Crippen molar-refractivity contribution >= 4 is 17.3 Å². The second-order valence-electron chi connectivity index (χ2n) is 7.94. The van der Waals surface area contributed by atoms with Gasteiger partial charge in [-0.1, -0.05) is 47.1 Å². The third-order valence-corrected chi connectivity index (χ3v) is 5.79. The predicted molar refractivity (Wildman–Crippen MR) is 119 cm³/mol. The zero-order valence-electron chi connectivity index (χ0n) is 18.1. The van der Waals surface area contributed by atoms with Crippen molar-refractivity contribution in [2.24, 2.45) is 0 Å². The van der Waals surface area contributed by atoms with Crippen molar-refractivity contribution < 1.29 is 9.18 Å². The number of aromatic nitrogens is 4. The second-order valence-corrected chi connectivity index (χ2v) is 7.94. The summed E-state index contributed by atoms with van der Waals surface area (Å²) in [5.74, 6) is 0.00772. The van der Waals surface area contributed by atoms with Gasteiger partial charge in [-0.2, -0.15) is 4.80 Å². The van der Waals surface area contributed by atoms with Crippen LogP contribution in [0.15, 0.2) is 48.0 Å². The molecule has 2 heterocycles. The van der Waals surface area contributed by atoms with Crippen LogP contribution in [0.5, 0.6) is 0 Å². The number of carbonyl (C=O) groups excluding carboxylic acids is 1. The minimum atomic E-state index is -0.430. The van der Waals surface area contributed by atoms with E-state index in [4.69, 9.17) is 0 Å². The fourth-order valence-electron chi connectivity index (χ4n) is 3.83. The van der Waals surface area contributed by atoms with E-state index in [1.807, 2.05) is 31.2 Å². The number of rotatable bonds is 6. The highest BCUT2D eigenvalue weighted by Gasteiger charge is 2.21. The molecule has 0 atom stereocenters. The van der Waals surface area contributed by atoms with E-state index < -0.39 is 5.82 Å². The number of anilines is 1. The van der Waals surface area contributed by atoms with Crippen LogP contribution in [0.4, 0.5) is 10.3 Å². The van der Waals surface area contributed by atoms with Crippen molar-refractivity contribution in [1.29, 1.82) is 0 Å². The van der Waals surface area contributed by atoms with E-state index in [-0.39, 0.29) is 17.8 Å². The molecule has 2 aromatic carbocycles. The first-order valence-electron chi connectivity index (χ1n) is 10.5. The van der Waals surface area contributed by atoms with Crippen molar-refractivity contribution in [3.05, 3.63) is 76.1 Å². The Bertz CT molecular complexity index is 1130. The molecule has 7 heteroatoms. The first-order valence-corrected chi connectivity index (χ1v) is 10.5. The van der Waals surface area contributed by atoms with Gasteiger partial charge >= 0.3 is 0 Å². The van der Waals surface area contributed by atoms with Crippen molar-refractivity contribution in [2.45, 2.75) is 40.2 Å². The molecular formula is C24H26FN5O. The fraction of sp³-hybridized carbons (Fsp3) is 0.333. The number of hydrogen-bond acceptors (Lipinski definition) is 5. The molecule has 0 saturated carbocycles. The van der Waals surface area contributed by atoms with Crippen LogP contribution in [-0.2, 0) is 13.0 Å². The lowest BCUT2D eigenvalue weighted by Crippen LogP contribution is -2.31. The van der Waals surface area contributed by atoms with Crippen LogP contribution in [0.3, 0.4) is 0 Å². The first-order chi connectivity index (χ1) is 15.0. The number of hydrogen-bond donors (Lipinski definition) is 0. The van der Waals surface area contributed by atoms with Crippen LogP contribution in [0.25, 0.3) is 5.57 Å². The smallest absolute Gasteiger partial charge is 0.266 e. The van der Waals surface area contributed by atoms with Crippen molar-refractivity contribution in [3.8, 4) is 0 Å². The Morgan fingerprint density at radius 2 is 1.90 bits per heavy atom. The quantitative estimate of drug-likeness (QED) is 0.559. The molecule has 0 bridgehead atoms. The van der Waals surface area contributed by atoms with Crippen molar-refractivity contribution in [1.82, 2.24) is 20.2 Å². The molecule has 3 aromatic rings. The summed E-state index contributed by atoms with van der Waals surface area (Å²) in [4.78, 5) is 16.3. The molecule has 0 unspecified atom stereocenters. The van der Waals surface area contributed by atoms with Gasteiger partial charge in [0.15, 0.2) is 5.78 Å². The summed E-state index contributed by atoms with van der Waals surface area (Å²) in [6.45, 7) is 8.07. The third kappa shape index (κ3) is 4.40. The molecule has 6 nitrogen and oxygen atoms in total. The molecule has 1 aliphatic rings. The molecule has 0 amide bonds. The Labute approximate surface area is 181 Å². The van der Waals surface area contributed by atoms with Gasteiger partial charge in [-0.3, -0.25) is 4.79 Å². The maximum atomic E-state index is 14.3. The molecular weight excluding hydrogens is 393 g/mol. The number of halogens is 1. The molecule has 31 heavy (non-hydrogen) atoms. The molecule has 0 fully saturated rings. The maximum absolute atomic E-state index is 14.3. The highest BCUT2D eigenvalue weighted by Crippen LogP contribution is 2.28. The standard InChI is InChI=1S/C24H26FN5O/c1-4-30-27-24(26-28-30)29-13-12-16(2)21(15-29)19-10-8-18(9-11-19)14-22(31)20-7-5-6-17(3)23(20)25/h5-11H,4,12-15H2,1-3H3. The number of ketones is 1. The molecule has 0 saturated heterocycles. The fourth-order valence-corrected chi connectivity index (χ4v) is 3.83. The molecule has 0 aliphatic carbocycles. The Hall–Kier alpha value is -3.35. The van der Waals surface area contributed by atoms with Gasteiger partial charge in [-0.05, 0) is 60.7 Å². The van der Waals surface area contributed by atoms with Gasteiger partial charge in [0, 0.05) is 19.5 Å². The lowest BCUT2D eigenvalue weighted by Gasteiger charge is -2.29. The summed E-state index contributed by atoms with van der Waals surface area (Å²) in [6.07, 6.45) is 1.11. The van der Waals surface area contributed by atoms with Gasteiger partial charge in [0.05, 0.1) is 12.1 Å². The summed E-state index contributed by atoms with van der Waals surface area (Å²) < 4.78 is 14.3. The first kappa shape index (κ1) is 20.9. The maximum Gasteiger partial charge on any atom is 0.266 e. The van der Waals surface area contributed by atoms with E-state index in [0.717, 1.165) is 24.1 Å². The summed E-state index contributed by atoms with van der Waals surface area (Å²) in [6, 6.07) is 12.9. The Kier molecular flexibility index (Phi) is 5.93. The van der Waals surface area contributed by atoms with Crippen LogP contribution < -0.4 is 4.90 Å². The van der Waals surface area contributed by atoms with Gasteiger partial charge in [0.2, 0.25) is 0 Å². The average Bonchev–Trinajstić information content (AvgIpc) is 3.26. The van der Waals surface area contributed by atoms with Crippen molar-refractivity contribution in [3.63, 3.8) is 0 Å². The van der Waals surface area contributed by atoms with E-state index in [1.165, 1.54) is 11.1 Å². The number of carbonyl (C=O) groups is 1. The van der Waals surface area contributed by atoms with Crippen molar-refractivity contribution in [2.75, 3.05) is 18.0 Å². The lowest BCUT2D eigenvalue weighted by atomic mass is 9.93. The molecule has 160 valence electrons. The Balaban J connectivity index is 1.49. The average molecular weight is 420 g/mol. The number of aryl methyl sites for hydroxylation is 2. The Morgan fingerprint density at radius 1 is 1.13 bits per heavy atom. The third-order valence-electron chi connectivity index (χ3n) is 5.79. The van der Waals surface area contributed by atoms with Gasteiger partial charge in [0.25, 0.3) is 5.95 Å². The highest BCUT2D eigenvalue weighted by molar-refractivity contribution is 5.98. The van der Waals surface area contributed by atoms with Gasteiger partial charge in [0.1, 0.15) is 5.82 Å². The highest BCUT2D eigenvalue weighted by atomic mass is 19.1. The molecule has 1 aromatic heterocycles. The topological polar surface area (TPSA) is 63.9 Å². The number of Topliss-reactive ketones (excluding diaryl/α,β-unsaturated/α-hetero) is 1.